The number of hydrogen-bond donors (Lipinski definition) is 0. The molecule has 2 aliphatic heterocycles. The molecule has 25 heavy (non-hydrogen) atoms. The van der Waals surface area contributed by atoms with Crippen LogP contribution in [0.4, 0.5) is 9.18 Å². The van der Waals surface area contributed by atoms with Crippen molar-refractivity contribution < 1.29 is 9.18 Å². The van der Waals surface area contributed by atoms with Gasteiger partial charge in [0.15, 0.2) is 0 Å². The maximum atomic E-state index is 13.8. The van der Waals surface area contributed by atoms with Crippen molar-refractivity contribution in [3.63, 3.8) is 0 Å². The second-order valence-electron chi connectivity index (χ2n) is 8.15. The van der Waals surface area contributed by atoms with E-state index in [2.05, 4.69) is 4.90 Å². The summed E-state index contributed by atoms with van der Waals surface area (Å²) in [6, 6.07) is 7.58. The standard InChI is InChI=1S/C20H28FN3O/c1-22(2)20(25)24-12-15-11-23(17-8-3-4-9-17)13-18(15)19(24)14-6-5-7-16(21)10-14/h5-7,10,15,17-19H,3-4,8-9,11-13H2,1-2H3/t15-,18-,19-/m1/s1. The maximum Gasteiger partial charge on any atom is 0.320 e. The summed E-state index contributed by atoms with van der Waals surface area (Å²) in [5, 5.41) is 0. The highest BCUT2D eigenvalue weighted by Gasteiger charge is 2.50. The normalized spacial score (nSPS) is 30.0. The van der Waals surface area contributed by atoms with Crippen LogP contribution in [0.15, 0.2) is 24.3 Å². The predicted molar refractivity (Wildman–Crippen MR) is 95.7 cm³/mol. The predicted octanol–water partition coefficient (Wildman–Crippen LogP) is 3.35. The number of fused-ring (bicyclic) bond motifs is 1. The highest BCUT2D eigenvalue weighted by Crippen LogP contribution is 2.46. The zero-order valence-corrected chi connectivity index (χ0v) is 15.2. The summed E-state index contributed by atoms with van der Waals surface area (Å²) in [5.41, 5.74) is 0.941. The van der Waals surface area contributed by atoms with Gasteiger partial charge in [-0.25, -0.2) is 9.18 Å². The van der Waals surface area contributed by atoms with E-state index in [1.54, 1.807) is 31.1 Å². The molecule has 1 saturated carbocycles. The Morgan fingerprint density at radius 1 is 1.16 bits per heavy atom. The Kier molecular flexibility index (Phi) is 4.44. The molecule has 0 bridgehead atoms. The van der Waals surface area contributed by atoms with E-state index in [-0.39, 0.29) is 17.9 Å². The molecule has 5 heteroatoms. The molecule has 3 fully saturated rings. The molecule has 4 rings (SSSR count). The fraction of sp³-hybridized carbons (Fsp3) is 0.650. The molecule has 136 valence electrons. The van der Waals surface area contributed by atoms with E-state index in [0.717, 1.165) is 31.2 Å². The van der Waals surface area contributed by atoms with Crippen LogP contribution in [0, 0.1) is 17.7 Å². The minimum Gasteiger partial charge on any atom is -0.331 e. The number of benzene rings is 1. The van der Waals surface area contributed by atoms with Crippen molar-refractivity contribution in [3.8, 4) is 0 Å². The van der Waals surface area contributed by atoms with E-state index in [0.29, 0.717) is 11.8 Å². The number of rotatable bonds is 2. The van der Waals surface area contributed by atoms with Gasteiger partial charge in [0, 0.05) is 45.7 Å². The molecule has 3 aliphatic rings. The first-order valence-electron chi connectivity index (χ1n) is 9.52. The van der Waals surface area contributed by atoms with Crippen LogP contribution in [-0.4, -0.2) is 60.5 Å². The fourth-order valence-electron chi connectivity index (χ4n) is 5.22. The molecule has 0 aromatic heterocycles. The molecule has 1 aromatic rings. The first kappa shape index (κ1) is 16.8. The van der Waals surface area contributed by atoms with Crippen molar-refractivity contribution in [2.45, 2.75) is 37.8 Å². The third-order valence-electron chi connectivity index (χ3n) is 6.35. The van der Waals surface area contributed by atoms with Crippen molar-refractivity contribution in [1.82, 2.24) is 14.7 Å². The van der Waals surface area contributed by atoms with Gasteiger partial charge in [0.1, 0.15) is 5.82 Å². The van der Waals surface area contributed by atoms with Gasteiger partial charge < -0.3 is 9.80 Å². The van der Waals surface area contributed by atoms with Crippen LogP contribution in [0.5, 0.6) is 0 Å². The largest absolute Gasteiger partial charge is 0.331 e. The van der Waals surface area contributed by atoms with E-state index in [4.69, 9.17) is 0 Å². The smallest absolute Gasteiger partial charge is 0.320 e. The van der Waals surface area contributed by atoms with E-state index in [1.165, 1.54) is 31.7 Å². The van der Waals surface area contributed by atoms with Gasteiger partial charge in [-0.3, -0.25) is 4.90 Å². The lowest BCUT2D eigenvalue weighted by molar-refractivity contribution is 0.145. The second kappa shape index (κ2) is 6.60. The maximum absolute atomic E-state index is 13.8. The van der Waals surface area contributed by atoms with E-state index in [1.807, 2.05) is 11.0 Å². The molecule has 2 heterocycles. The summed E-state index contributed by atoms with van der Waals surface area (Å²) in [7, 11) is 3.59. The fourth-order valence-corrected chi connectivity index (χ4v) is 5.22. The number of urea groups is 1. The zero-order chi connectivity index (χ0) is 17.6. The van der Waals surface area contributed by atoms with Crippen molar-refractivity contribution in [2.75, 3.05) is 33.7 Å². The van der Waals surface area contributed by atoms with Gasteiger partial charge in [-0.15, -0.1) is 0 Å². The molecule has 2 amide bonds. The van der Waals surface area contributed by atoms with Gasteiger partial charge in [-0.2, -0.15) is 0 Å². The Morgan fingerprint density at radius 2 is 1.92 bits per heavy atom. The Morgan fingerprint density at radius 3 is 2.60 bits per heavy atom. The summed E-state index contributed by atoms with van der Waals surface area (Å²) in [4.78, 5) is 19.0. The monoisotopic (exact) mass is 345 g/mol. The summed E-state index contributed by atoms with van der Waals surface area (Å²) in [5.74, 6) is 0.688. The number of nitrogens with zero attached hydrogens (tertiary/aromatic N) is 3. The summed E-state index contributed by atoms with van der Waals surface area (Å²) >= 11 is 0. The Bertz CT molecular complexity index is 644. The lowest BCUT2D eigenvalue weighted by Gasteiger charge is -2.33. The number of likely N-dealkylation sites (tertiary alicyclic amines) is 2. The van der Waals surface area contributed by atoms with Crippen molar-refractivity contribution in [1.29, 1.82) is 0 Å². The van der Waals surface area contributed by atoms with Gasteiger partial charge in [0.25, 0.3) is 0 Å². The molecule has 1 aliphatic carbocycles. The Balaban J connectivity index is 1.61. The quantitative estimate of drug-likeness (QED) is 0.822. The molecule has 1 aromatic carbocycles. The van der Waals surface area contributed by atoms with Crippen molar-refractivity contribution in [2.24, 2.45) is 11.8 Å². The molecular weight excluding hydrogens is 317 g/mol. The average molecular weight is 345 g/mol. The molecule has 3 atom stereocenters. The average Bonchev–Trinajstić information content (AvgIpc) is 3.28. The number of carbonyl (C=O) groups is 1. The molecule has 0 radical (unpaired) electrons. The third-order valence-corrected chi connectivity index (χ3v) is 6.35. The Hall–Kier alpha value is -1.62. The topological polar surface area (TPSA) is 26.8 Å². The summed E-state index contributed by atoms with van der Waals surface area (Å²) in [6.07, 6.45) is 5.30. The summed E-state index contributed by atoms with van der Waals surface area (Å²) in [6.45, 7) is 2.90. The van der Waals surface area contributed by atoms with Gasteiger partial charge >= 0.3 is 6.03 Å². The van der Waals surface area contributed by atoms with Crippen LogP contribution in [0.3, 0.4) is 0 Å². The van der Waals surface area contributed by atoms with Gasteiger partial charge in [0.2, 0.25) is 0 Å². The first-order valence-corrected chi connectivity index (χ1v) is 9.52. The van der Waals surface area contributed by atoms with Crippen molar-refractivity contribution in [3.05, 3.63) is 35.6 Å². The number of halogens is 1. The molecular formula is C20H28FN3O. The minimum atomic E-state index is -0.219. The molecule has 0 N–H and O–H groups in total. The van der Waals surface area contributed by atoms with Crippen LogP contribution in [0.1, 0.15) is 37.3 Å². The van der Waals surface area contributed by atoms with Crippen LogP contribution in [-0.2, 0) is 0 Å². The number of carbonyl (C=O) groups excluding carboxylic acids is 1. The van der Waals surface area contributed by atoms with Crippen LogP contribution in [0.25, 0.3) is 0 Å². The summed E-state index contributed by atoms with van der Waals surface area (Å²) < 4.78 is 13.8. The number of amides is 2. The van der Waals surface area contributed by atoms with Crippen molar-refractivity contribution >= 4 is 6.03 Å². The lowest BCUT2D eigenvalue weighted by Crippen LogP contribution is -2.42. The molecule has 0 unspecified atom stereocenters. The first-order chi connectivity index (χ1) is 12.0. The highest BCUT2D eigenvalue weighted by molar-refractivity contribution is 5.75. The second-order valence-corrected chi connectivity index (χ2v) is 8.15. The minimum absolute atomic E-state index is 0.0120. The van der Waals surface area contributed by atoms with E-state index >= 15 is 0 Å². The third kappa shape index (κ3) is 3.03. The molecule has 2 saturated heterocycles. The van der Waals surface area contributed by atoms with Crippen LogP contribution in [0.2, 0.25) is 0 Å². The van der Waals surface area contributed by atoms with E-state index in [9.17, 15) is 9.18 Å². The van der Waals surface area contributed by atoms with Gasteiger partial charge in [-0.05, 0) is 36.5 Å². The lowest BCUT2D eigenvalue weighted by atomic mass is 9.89. The SMILES string of the molecule is CN(C)C(=O)N1C[C@H]2CN(C3CCCC3)C[C@H]2[C@H]1c1cccc(F)c1. The molecule has 4 nitrogen and oxygen atoms in total. The highest BCUT2D eigenvalue weighted by atomic mass is 19.1. The molecule has 0 spiro atoms. The van der Waals surface area contributed by atoms with Crippen LogP contribution >= 0.6 is 0 Å². The van der Waals surface area contributed by atoms with E-state index < -0.39 is 0 Å². The van der Waals surface area contributed by atoms with Crippen LogP contribution < -0.4 is 0 Å². The number of hydrogen-bond acceptors (Lipinski definition) is 2. The zero-order valence-electron chi connectivity index (χ0n) is 15.2. The van der Waals surface area contributed by atoms with Gasteiger partial charge in [0.05, 0.1) is 6.04 Å². The Labute approximate surface area is 149 Å². The van der Waals surface area contributed by atoms with Gasteiger partial charge in [-0.1, -0.05) is 25.0 Å².